The summed E-state index contributed by atoms with van der Waals surface area (Å²) in [6.45, 7) is 5.42. The average molecular weight is 508 g/mol. The number of ether oxygens (including phenoxy) is 1. The van der Waals surface area contributed by atoms with Gasteiger partial charge < -0.3 is 14.7 Å². The minimum atomic E-state index is -1.26. The third-order valence-corrected chi connectivity index (χ3v) is 6.49. The number of hydrogen-bond donors (Lipinski definition) is 1. The number of nitrogens with zero attached hydrogens (tertiary/aromatic N) is 5. The van der Waals surface area contributed by atoms with E-state index < -0.39 is 29.9 Å². The molecule has 0 spiro atoms. The molecule has 8 nitrogen and oxygen atoms in total. The Morgan fingerprint density at radius 2 is 2.06 bits per heavy atom. The van der Waals surface area contributed by atoms with E-state index in [1.165, 1.54) is 6.20 Å². The Labute approximate surface area is 194 Å². The molecule has 2 bridgehead atoms. The standard InChI is InChI=1S/C22H27BrFN5O3/c1-22(2,3)32-21(31)29-13-6-8-16(29)19(24)17(10-13)28(4)20-25-11-15(26-27-20)14-7-5-12(23)9-18(14)30/h5,7,9,11,13,16-17,19,30H,6,8,10H2,1-4H3/t13-,16+,17-,19+/m1/s1. The predicted molar refractivity (Wildman–Crippen MR) is 121 cm³/mol. The van der Waals surface area contributed by atoms with Gasteiger partial charge in [0, 0.05) is 23.1 Å². The van der Waals surface area contributed by atoms with Crippen LogP contribution in [-0.2, 0) is 4.74 Å². The highest BCUT2D eigenvalue weighted by Crippen LogP contribution is 2.40. The average Bonchev–Trinajstić information content (AvgIpc) is 3.06. The van der Waals surface area contributed by atoms with Crippen molar-refractivity contribution in [2.45, 2.75) is 69.9 Å². The number of amides is 1. The SMILES string of the molecule is CN(c1ncc(-c2ccc(Br)cc2O)nn1)[C@@H]1C[C@H]2CC[C@@H]([C@@H]1F)N2C(=O)OC(C)(C)C. The number of piperidine rings is 1. The number of phenols is 1. The zero-order valence-electron chi connectivity index (χ0n) is 18.5. The highest BCUT2D eigenvalue weighted by molar-refractivity contribution is 9.10. The molecule has 2 saturated heterocycles. The van der Waals surface area contributed by atoms with Crippen LogP contribution in [0.3, 0.4) is 0 Å². The molecule has 0 saturated carbocycles. The van der Waals surface area contributed by atoms with Crippen molar-refractivity contribution >= 4 is 28.0 Å². The fraction of sp³-hybridized carbons (Fsp3) is 0.545. The second-order valence-corrected chi connectivity index (χ2v) is 10.3. The van der Waals surface area contributed by atoms with E-state index in [2.05, 4.69) is 31.1 Å². The smallest absolute Gasteiger partial charge is 0.410 e. The van der Waals surface area contributed by atoms with Crippen molar-refractivity contribution in [3.05, 3.63) is 28.9 Å². The number of benzene rings is 1. The molecule has 0 unspecified atom stereocenters. The van der Waals surface area contributed by atoms with Gasteiger partial charge in [0.1, 0.15) is 23.2 Å². The van der Waals surface area contributed by atoms with E-state index in [9.17, 15) is 9.90 Å². The van der Waals surface area contributed by atoms with Crippen LogP contribution in [0.5, 0.6) is 5.75 Å². The molecule has 32 heavy (non-hydrogen) atoms. The molecule has 1 amide bonds. The summed E-state index contributed by atoms with van der Waals surface area (Å²) < 4.78 is 21.8. The molecule has 4 atom stereocenters. The molecule has 172 valence electrons. The Morgan fingerprint density at radius 1 is 1.31 bits per heavy atom. The van der Waals surface area contributed by atoms with Crippen molar-refractivity contribution in [2.75, 3.05) is 11.9 Å². The number of anilines is 1. The number of rotatable bonds is 3. The summed E-state index contributed by atoms with van der Waals surface area (Å²) in [7, 11) is 1.74. The number of alkyl halides is 1. The second kappa shape index (κ2) is 8.46. The van der Waals surface area contributed by atoms with Gasteiger partial charge in [-0.3, -0.25) is 4.90 Å². The summed E-state index contributed by atoms with van der Waals surface area (Å²) in [5.74, 6) is 0.356. The van der Waals surface area contributed by atoms with Gasteiger partial charge in [-0.1, -0.05) is 15.9 Å². The van der Waals surface area contributed by atoms with E-state index in [1.54, 1.807) is 35.0 Å². The maximum absolute atomic E-state index is 15.5. The number of aromatic hydroxyl groups is 1. The lowest BCUT2D eigenvalue weighted by Gasteiger charge is -2.44. The van der Waals surface area contributed by atoms with Crippen LogP contribution in [0.2, 0.25) is 0 Å². The molecule has 2 aliphatic rings. The Hall–Kier alpha value is -2.49. The van der Waals surface area contributed by atoms with Crippen LogP contribution in [0.1, 0.15) is 40.0 Å². The second-order valence-electron chi connectivity index (χ2n) is 9.35. The van der Waals surface area contributed by atoms with Gasteiger partial charge in [-0.25, -0.2) is 14.2 Å². The van der Waals surface area contributed by atoms with Gasteiger partial charge in [0.05, 0.1) is 18.3 Å². The molecule has 2 fully saturated rings. The molecule has 1 N–H and O–H groups in total. The molecule has 0 aliphatic carbocycles. The molecular weight excluding hydrogens is 481 g/mol. The summed E-state index contributed by atoms with van der Waals surface area (Å²) in [6.07, 6.45) is 1.62. The summed E-state index contributed by atoms with van der Waals surface area (Å²) in [5, 5.41) is 18.5. The lowest BCUT2D eigenvalue weighted by atomic mass is 9.94. The molecule has 1 aromatic heterocycles. The van der Waals surface area contributed by atoms with Gasteiger partial charge in [0.2, 0.25) is 5.95 Å². The van der Waals surface area contributed by atoms with E-state index in [0.717, 1.165) is 10.9 Å². The topological polar surface area (TPSA) is 91.7 Å². The van der Waals surface area contributed by atoms with Crippen molar-refractivity contribution in [1.29, 1.82) is 0 Å². The zero-order valence-corrected chi connectivity index (χ0v) is 20.1. The van der Waals surface area contributed by atoms with Crippen LogP contribution in [-0.4, -0.2) is 68.2 Å². The number of halogens is 2. The molecular formula is C22H27BrFN5O3. The van der Waals surface area contributed by atoms with Crippen LogP contribution < -0.4 is 4.90 Å². The number of phenolic OH excluding ortho intramolecular Hbond substituents is 1. The fourth-order valence-electron chi connectivity index (χ4n) is 4.52. The van der Waals surface area contributed by atoms with Gasteiger partial charge in [-0.15, -0.1) is 10.2 Å². The van der Waals surface area contributed by atoms with Crippen molar-refractivity contribution in [3.8, 4) is 17.0 Å². The first kappa shape index (κ1) is 22.7. The number of fused-ring (bicyclic) bond motifs is 2. The van der Waals surface area contributed by atoms with E-state index in [1.807, 2.05) is 20.8 Å². The number of aromatic nitrogens is 3. The third-order valence-electron chi connectivity index (χ3n) is 6.00. The molecule has 4 rings (SSSR count). The van der Waals surface area contributed by atoms with E-state index >= 15 is 4.39 Å². The lowest BCUT2D eigenvalue weighted by molar-refractivity contribution is -0.0104. The van der Waals surface area contributed by atoms with Gasteiger partial charge in [0.25, 0.3) is 0 Å². The van der Waals surface area contributed by atoms with Crippen LogP contribution in [0, 0.1) is 0 Å². The largest absolute Gasteiger partial charge is 0.507 e. The molecule has 10 heteroatoms. The molecule has 2 aromatic rings. The summed E-state index contributed by atoms with van der Waals surface area (Å²) in [4.78, 5) is 20.3. The molecule has 3 heterocycles. The highest BCUT2D eigenvalue weighted by Gasteiger charge is 2.52. The fourth-order valence-corrected chi connectivity index (χ4v) is 4.87. The minimum absolute atomic E-state index is 0.0616. The van der Waals surface area contributed by atoms with E-state index in [4.69, 9.17) is 4.74 Å². The molecule has 2 aliphatic heterocycles. The quantitative estimate of drug-likeness (QED) is 0.660. The Balaban J connectivity index is 1.50. The Kier molecular flexibility index (Phi) is 6.00. The first-order valence-electron chi connectivity index (χ1n) is 10.6. The van der Waals surface area contributed by atoms with Crippen molar-refractivity contribution < 1.29 is 19.0 Å². The van der Waals surface area contributed by atoms with E-state index in [0.29, 0.717) is 30.0 Å². The maximum atomic E-state index is 15.5. The number of hydrogen-bond acceptors (Lipinski definition) is 7. The normalized spacial score (nSPS) is 25.0. The minimum Gasteiger partial charge on any atom is -0.507 e. The lowest BCUT2D eigenvalue weighted by Crippen LogP contribution is -2.59. The predicted octanol–water partition coefficient (Wildman–Crippen LogP) is 4.32. The van der Waals surface area contributed by atoms with Crippen molar-refractivity contribution in [1.82, 2.24) is 20.1 Å². The summed E-state index contributed by atoms with van der Waals surface area (Å²) >= 11 is 3.30. The number of carbonyl (C=O) groups is 1. The highest BCUT2D eigenvalue weighted by atomic mass is 79.9. The van der Waals surface area contributed by atoms with Gasteiger partial charge in [-0.05, 0) is 58.2 Å². The van der Waals surface area contributed by atoms with Crippen LogP contribution in [0.15, 0.2) is 28.9 Å². The van der Waals surface area contributed by atoms with Crippen molar-refractivity contribution in [2.24, 2.45) is 0 Å². The monoisotopic (exact) mass is 507 g/mol. The zero-order chi connectivity index (χ0) is 23.2. The Morgan fingerprint density at radius 3 is 2.69 bits per heavy atom. The number of carbonyl (C=O) groups excluding carboxylic acids is 1. The van der Waals surface area contributed by atoms with Crippen LogP contribution in [0.25, 0.3) is 11.3 Å². The third kappa shape index (κ3) is 4.37. The van der Waals surface area contributed by atoms with Gasteiger partial charge in [0.15, 0.2) is 0 Å². The maximum Gasteiger partial charge on any atom is 0.410 e. The summed E-state index contributed by atoms with van der Waals surface area (Å²) in [5.41, 5.74) is 0.304. The van der Waals surface area contributed by atoms with Gasteiger partial charge >= 0.3 is 6.09 Å². The summed E-state index contributed by atoms with van der Waals surface area (Å²) in [6, 6.07) is 4.00. The Bertz CT molecular complexity index is 1000. The molecule has 1 aromatic carbocycles. The first-order valence-corrected chi connectivity index (χ1v) is 11.4. The van der Waals surface area contributed by atoms with Crippen LogP contribution >= 0.6 is 15.9 Å². The van der Waals surface area contributed by atoms with Crippen LogP contribution in [0.4, 0.5) is 15.1 Å². The van der Waals surface area contributed by atoms with E-state index in [-0.39, 0.29) is 11.8 Å². The van der Waals surface area contributed by atoms with Crippen molar-refractivity contribution in [3.63, 3.8) is 0 Å². The molecule has 0 radical (unpaired) electrons. The van der Waals surface area contributed by atoms with Gasteiger partial charge in [-0.2, -0.15) is 0 Å². The first-order chi connectivity index (χ1) is 15.0.